The van der Waals surface area contributed by atoms with Crippen LogP contribution in [0.2, 0.25) is 0 Å². The first-order chi connectivity index (χ1) is 10.1. The van der Waals surface area contributed by atoms with E-state index in [1.165, 1.54) is 0 Å². The molecule has 0 spiro atoms. The van der Waals surface area contributed by atoms with Crippen LogP contribution in [0.25, 0.3) is 0 Å². The van der Waals surface area contributed by atoms with Gasteiger partial charge in [-0.25, -0.2) is 0 Å². The molecule has 0 N–H and O–H groups in total. The van der Waals surface area contributed by atoms with E-state index in [0.29, 0.717) is 11.5 Å². The average molecular weight is 288 g/mol. The molecule has 110 valence electrons. The smallest absolute Gasteiger partial charge is 0.231 e. The zero-order valence-electron chi connectivity index (χ0n) is 11.8. The van der Waals surface area contributed by atoms with Crippen molar-refractivity contribution in [2.75, 3.05) is 6.79 Å². The molecule has 3 rings (SSSR count). The van der Waals surface area contributed by atoms with Crippen molar-refractivity contribution in [2.24, 2.45) is 5.92 Å². The predicted octanol–water partition coefficient (Wildman–Crippen LogP) is 2.03. The lowest BCUT2D eigenvalue weighted by molar-refractivity contribution is -0.142. The summed E-state index contributed by atoms with van der Waals surface area (Å²) in [6.45, 7) is 1.86. The Morgan fingerprint density at radius 2 is 1.81 bits per heavy atom. The number of carbonyl (C=O) groups excluding carboxylic acids is 3. The van der Waals surface area contributed by atoms with E-state index in [4.69, 9.17) is 9.47 Å². The largest absolute Gasteiger partial charge is 0.454 e. The van der Waals surface area contributed by atoms with Gasteiger partial charge in [0, 0.05) is 19.3 Å². The van der Waals surface area contributed by atoms with Gasteiger partial charge in [0.25, 0.3) is 0 Å². The summed E-state index contributed by atoms with van der Waals surface area (Å²) in [6.07, 6.45) is 0.667. The van der Waals surface area contributed by atoms with Crippen molar-refractivity contribution in [3.05, 3.63) is 23.8 Å². The fourth-order valence-corrected chi connectivity index (χ4v) is 2.94. The number of rotatable bonds is 3. The van der Waals surface area contributed by atoms with E-state index in [1.807, 2.05) is 12.1 Å². The minimum Gasteiger partial charge on any atom is -0.454 e. The number of hydrogen-bond donors (Lipinski definition) is 0. The first-order valence-corrected chi connectivity index (χ1v) is 7.07. The lowest BCUT2D eigenvalue weighted by Crippen LogP contribution is -2.37. The van der Waals surface area contributed by atoms with Crippen LogP contribution < -0.4 is 9.47 Å². The van der Waals surface area contributed by atoms with Crippen LogP contribution in [0, 0.1) is 5.92 Å². The minimum atomic E-state index is -1.04. The van der Waals surface area contributed by atoms with Crippen molar-refractivity contribution in [2.45, 2.75) is 32.1 Å². The van der Waals surface area contributed by atoms with Crippen LogP contribution in [0.4, 0.5) is 0 Å². The second-order valence-electron chi connectivity index (χ2n) is 5.40. The van der Waals surface area contributed by atoms with Crippen LogP contribution in [-0.2, 0) is 14.4 Å². The second kappa shape index (κ2) is 5.31. The number of Topliss-reactive ketones (excluding diaryl/α,β-unsaturated/α-hetero) is 3. The third-order valence-electron chi connectivity index (χ3n) is 4.08. The van der Waals surface area contributed by atoms with Crippen LogP contribution in [-0.4, -0.2) is 24.1 Å². The van der Waals surface area contributed by atoms with Crippen LogP contribution in [0.3, 0.4) is 0 Å². The molecule has 5 heteroatoms. The molecule has 1 aliphatic carbocycles. The maximum Gasteiger partial charge on any atom is 0.231 e. The maximum atomic E-state index is 12.1. The van der Waals surface area contributed by atoms with E-state index in [-0.39, 0.29) is 49.3 Å². The Hall–Kier alpha value is -2.17. The fourth-order valence-electron chi connectivity index (χ4n) is 2.94. The number of benzene rings is 1. The summed E-state index contributed by atoms with van der Waals surface area (Å²) in [5.41, 5.74) is 0.878. The molecular formula is C16H16O5. The Morgan fingerprint density at radius 3 is 2.48 bits per heavy atom. The Kier molecular flexibility index (Phi) is 3.49. The van der Waals surface area contributed by atoms with Gasteiger partial charge in [-0.2, -0.15) is 0 Å². The Balaban J connectivity index is 1.81. The molecule has 1 aromatic carbocycles. The molecule has 2 aliphatic rings. The lowest BCUT2D eigenvalue weighted by atomic mass is 9.75. The quantitative estimate of drug-likeness (QED) is 0.796. The summed E-state index contributed by atoms with van der Waals surface area (Å²) < 4.78 is 10.6. The highest BCUT2D eigenvalue weighted by molar-refractivity contribution is 6.20. The van der Waals surface area contributed by atoms with E-state index >= 15 is 0 Å². The van der Waals surface area contributed by atoms with E-state index < -0.39 is 5.92 Å². The van der Waals surface area contributed by atoms with Crippen LogP contribution in [0.5, 0.6) is 11.5 Å². The van der Waals surface area contributed by atoms with Crippen LogP contribution >= 0.6 is 0 Å². The van der Waals surface area contributed by atoms with Crippen molar-refractivity contribution in [1.82, 2.24) is 0 Å². The number of ether oxygens (including phenoxy) is 2. The molecule has 1 fully saturated rings. The summed E-state index contributed by atoms with van der Waals surface area (Å²) in [5, 5.41) is 0. The molecule has 0 unspecified atom stereocenters. The van der Waals surface area contributed by atoms with Crippen LogP contribution in [0.1, 0.15) is 37.7 Å². The Bertz CT molecular complexity index is 601. The van der Waals surface area contributed by atoms with Gasteiger partial charge in [-0.1, -0.05) is 13.0 Å². The number of carbonyl (C=O) groups is 3. The summed E-state index contributed by atoms with van der Waals surface area (Å²) in [7, 11) is 0. The average Bonchev–Trinajstić information content (AvgIpc) is 2.93. The Labute approximate surface area is 122 Å². The highest BCUT2D eigenvalue weighted by Crippen LogP contribution is 2.38. The SMILES string of the molecule is CCC(=O)C1C(=O)CC(c2ccc3c(c2)OCO3)CC1=O. The van der Waals surface area contributed by atoms with Gasteiger partial charge in [-0.3, -0.25) is 14.4 Å². The van der Waals surface area contributed by atoms with Crippen LogP contribution in [0.15, 0.2) is 18.2 Å². The molecular weight excluding hydrogens is 272 g/mol. The topological polar surface area (TPSA) is 69.7 Å². The number of ketones is 3. The molecule has 1 saturated carbocycles. The molecule has 1 aromatic rings. The molecule has 0 atom stereocenters. The molecule has 0 aromatic heterocycles. The van der Waals surface area contributed by atoms with E-state index in [2.05, 4.69) is 0 Å². The fraction of sp³-hybridized carbons (Fsp3) is 0.438. The van der Waals surface area contributed by atoms with Crippen molar-refractivity contribution >= 4 is 17.3 Å². The Morgan fingerprint density at radius 1 is 1.14 bits per heavy atom. The third-order valence-corrected chi connectivity index (χ3v) is 4.08. The highest BCUT2D eigenvalue weighted by Gasteiger charge is 2.39. The molecule has 1 aliphatic heterocycles. The lowest BCUT2D eigenvalue weighted by Gasteiger charge is -2.25. The van der Waals surface area contributed by atoms with Gasteiger partial charge in [-0.05, 0) is 23.6 Å². The van der Waals surface area contributed by atoms with Gasteiger partial charge in [0.1, 0.15) is 5.92 Å². The first kappa shape index (κ1) is 13.8. The summed E-state index contributed by atoms with van der Waals surface area (Å²) >= 11 is 0. The summed E-state index contributed by atoms with van der Waals surface area (Å²) in [6, 6.07) is 5.45. The molecule has 0 saturated heterocycles. The molecule has 0 radical (unpaired) electrons. The van der Waals surface area contributed by atoms with Gasteiger partial charge in [0.2, 0.25) is 6.79 Å². The molecule has 0 amide bonds. The summed E-state index contributed by atoms with van der Waals surface area (Å²) in [5.74, 6) is -0.707. The first-order valence-electron chi connectivity index (χ1n) is 7.07. The van der Waals surface area contributed by atoms with Crippen molar-refractivity contribution < 1.29 is 23.9 Å². The molecule has 21 heavy (non-hydrogen) atoms. The normalized spacial score (nSPS) is 24.2. The van der Waals surface area contributed by atoms with Crippen molar-refractivity contribution in [3.8, 4) is 11.5 Å². The number of fused-ring (bicyclic) bond motifs is 1. The van der Waals surface area contributed by atoms with Gasteiger partial charge < -0.3 is 9.47 Å². The molecule has 1 heterocycles. The van der Waals surface area contributed by atoms with Gasteiger partial charge in [0.05, 0.1) is 0 Å². The van der Waals surface area contributed by atoms with E-state index in [9.17, 15) is 14.4 Å². The zero-order chi connectivity index (χ0) is 15.0. The van der Waals surface area contributed by atoms with Crippen molar-refractivity contribution in [3.63, 3.8) is 0 Å². The van der Waals surface area contributed by atoms with Gasteiger partial charge in [0.15, 0.2) is 28.8 Å². The highest BCUT2D eigenvalue weighted by atomic mass is 16.7. The van der Waals surface area contributed by atoms with Gasteiger partial charge in [-0.15, -0.1) is 0 Å². The van der Waals surface area contributed by atoms with E-state index in [0.717, 1.165) is 5.56 Å². The minimum absolute atomic E-state index is 0.180. The predicted molar refractivity (Wildman–Crippen MR) is 73.3 cm³/mol. The second-order valence-corrected chi connectivity index (χ2v) is 5.40. The van der Waals surface area contributed by atoms with Gasteiger partial charge >= 0.3 is 0 Å². The molecule has 5 nitrogen and oxygen atoms in total. The summed E-state index contributed by atoms with van der Waals surface area (Å²) in [4.78, 5) is 36.0. The standard InChI is InChI=1S/C16H16O5/c1-2-11(17)16-12(18)5-10(6-13(16)19)9-3-4-14-15(7-9)21-8-20-14/h3-4,7,10,16H,2,5-6,8H2,1H3. The molecule has 0 bridgehead atoms. The maximum absolute atomic E-state index is 12.1. The zero-order valence-corrected chi connectivity index (χ0v) is 11.8. The monoisotopic (exact) mass is 288 g/mol. The van der Waals surface area contributed by atoms with E-state index in [1.54, 1.807) is 13.0 Å². The third kappa shape index (κ3) is 2.44. The number of hydrogen-bond acceptors (Lipinski definition) is 5. The van der Waals surface area contributed by atoms with Crippen molar-refractivity contribution in [1.29, 1.82) is 0 Å².